The summed E-state index contributed by atoms with van der Waals surface area (Å²) in [5, 5.41) is 3.46. The molecule has 1 amide bonds. The first-order valence-corrected chi connectivity index (χ1v) is 7.96. The van der Waals surface area contributed by atoms with Crippen molar-refractivity contribution in [3.8, 4) is 0 Å². The number of pyridine rings is 1. The topological polar surface area (TPSA) is 76.9 Å². The number of amides is 1. The van der Waals surface area contributed by atoms with Gasteiger partial charge in [0.15, 0.2) is 5.16 Å². The van der Waals surface area contributed by atoms with Crippen LogP contribution in [-0.4, -0.2) is 26.2 Å². The van der Waals surface area contributed by atoms with Gasteiger partial charge in [-0.25, -0.2) is 9.97 Å². The largest absolute Gasteiger partial charge is 0.311 e. The van der Waals surface area contributed by atoms with E-state index < -0.39 is 0 Å². The molecule has 0 saturated carbocycles. The van der Waals surface area contributed by atoms with Gasteiger partial charge in [0.1, 0.15) is 5.82 Å². The highest BCUT2D eigenvalue weighted by Crippen LogP contribution is 2.31. The molecule has 0 spiro atoms. The number of thioether (sulfide) groups is 1. The van der Waals surface area contributed by atoms with Crippen LogP contribution in [0, 0.1) is 13.8 Å². The van der Waals surface area contributed by atoms with Gasteiger partial charge in [0.25, 0.3) is 5.56 Å². The number of carbonyl (C=O) groups excluding carboxylic acids is 1. The fourth-order valence-electron chi connectivity index (χ4n) is 2.38. The summed E-state index contributed by atoms with van der Waals surface area (Å²) in [4.78, 5) is 32.8. The molecule has 7 heteroatoms. The average Bonchev–Trinajstić information content (AvgIpc) is 2.86. The molecule has 1 aliphatic heterocycles. The van der Waals surface area contributed by atoms with E-state index in [2.05, 4.69) is 15.3 Å². The van der Waals surface area contributed by atoms with Gasteiger partial charge >= 0.3 is 0 Å². The highest BCUT2D eigenvalue weighted by atomic mass is 32.2. The predicted molar refractivity (Wildman–Crippen MR) is 85.2 cm³/mol. The Balaban J connectivity index is 1.75. The smallest absolute Gasteiger partial charge is 0.257 e. The molecule has 0 bridgehead atoms. The molecular formula is C15H16N4O2S. The Hall–Kier alpha value is -2.15. The number of rotatable bonds is 3. The standard InChI is InChI=1S/C15H16N4O2S/c1-9-3-4-16-12(5-9)18-13(20)6-11-8-22-15-17-7-10(2)14(21)19(11)15/h3-5,7,11H,6,8H2,1-2H3,(H,16,18,20). The molecule has 1 atom stereocenters. The van der Waals surface area contributed by atoms with Crippen LogP contribution in [0.3, 0.4) is 0 Å². The number of nitrogens with zero attached hydrogens (tertiary/aromatic N) is 3. The number of anilines is 1. The van der Waals surface area contributed by atoms with E-state index in [1.54, 1.807) is 23.9 Å². The maximum absolute atomic E-state index is 12.2. The predicted octanol–water partition coefficient (Wildman–Crippen LogP) is 1.93. The van der Waals surface area contributed by atoms with Crippen LogP contribution in [0.1, 0.15) is 23.6 Å². The molecule has 114 valence electrons. The van der Waals surface area contributed by atoms with Crippen LogP contribution in [0.25, 0.3) is 0 Å². The highest BCUT2D eigenvalue weighted by molar-refractivity contribution is 7.99. The Kier molecular flexibility index (Phi) is 3.98. The molecule has 1 aliphatic rings. The van der Waals surface area contributed by atoms with Gasteiger partial charge in [-0.2, -0.15) is 0 Å². The third-order valence-corrected chi connectivity index (χ3v) is 4.62. The minimum Gasteiger partial charge on any atom is -0.311 e. The van der Waals surface area contributed by atoms with Crippen molar-refractivity contribution >= 4 is 23.5 Å². The van der Waals surface area contributed by atoms with E-state index in [0.29, 0.717) is 22.3 Å². The zero-order valence-electron chi connectivity index (χ0n) is 12.4. The zero-order chi connectivity index (χ0) is 15.7. The van der Waals surface area contributed by atoms with Crippen molar-refractivity contribution < 1.29 is 4.79 Å². The second-order valence-corrected chi connectivity index (χ2v) is 6.32. The number of aromatic nitrogens is 3. The second-order valence-electron chi connectivity index (χ2n) is 5.33. The van der Waals surface area contributed by atoms with Gasteiger partial charge in [0.05, 0.1) is 6.04 Å². The zero-order valence-corrected chi connectivity index (χ0v) is 13.2. The monoisotopic (exact) mass is 316 g/mol. The third-order valence-electron chi connectivity index (χ3n) is 3.50. The van der Waals surface area contributed by atoms with E-state index in [0.717, 1.165) is 5.56 Å². The summed E-state index contributed by atoms with van der Waals surface area (Å²) in [6.07, 6.45) is 3.48. The van der Waals surface area contributed by atoms with Crippen LogP contribution < -0.4 is 10.9 Å². The van der Waals surface area contributed by atoms with Crippen LogP contribution >= 0.6 is 11.8 Å². The maximum Gasteiger partial charge on any atom is 0.257 e. The summed E-state index contributed by atoms with van der Waals surface area (Å²) in [6.45, 7) is 3.68. The molecule has 2 aromatic rings. The van der Waals surface area contributed by atoms with Gasteiger partial charge in [-0.3, -0.25) is 14.2 Å². The molecule has 1 unspecified atom stereocenters. The van der Waals surface area contributed by atoms with E-state index in [9.17, 15) is 9.59 Å². The quantitative estimate of drug-likeness (QED) is 0.876. The lowest BCUT2D eigenvalue weighted by molar-refractivity contribution is -0.116. The van der Waals surface area contributed by atoms with Crippen LogP contribution in [-0.2, 0) is 4.79 Å². The van der Waals surface area contributed by atoms with Crippen molar-refractivity contribution in [2.75, 3.05) is 11.1 Å². The Labute approximate surface area is 132 Å². The van der Waals surface area contributed by atoms with Gasteiger partial charge in [0.2, 0.25) is 5.91 Å². The lowest BCUT2D eigenvalue weighted by Gasteiger charge is -2.13. The van der Waals surface area contributed by atoms with Crippen LogP contribution in [0.4, 0.5) is 5.82 Å². The number of carbonyl (C=O) groups is 1. The van der Waals surface area contributed by atoms with E-state index in [-0.39, 0.29) is 23.9 Å². The Morgan fingerprint density at radius 3 is 3.05 bits per heavy atom. The van der Waals surface area contributed by atoms with Crippen molar-refractivity contribution in [3.63, 3.8) is 0 Å². The van der Waals surface area contributed by atoms with Gasteiger partial charge in [-0.15, -0.1) is 0 Å². The van der Waals surface area contributed by atoms with Crippen molar-refractivity contribution in [1.82, 2.24) is 14.5 Å². The number of hydrogen-bond donors (Lipinski definition) is 1. The summed E-state index contributed by atoms with van der Waals surface area (Å²) >= 11 is 1.51. The summed E-state index contributed by atoms with van der Waals surface area (Å²) in [6, 6.07) is 3.52. The van der Waals surface area contributed by atoms with Crippen LogP contribution in [0.5, 0.6) is 0 Å². The van der Waals surface area contributed by atoms with Crippen LogP contribution in [0.15, 0.2) is 34.5 Å². The van der Waals surface area contributed by atoms with Crippen molar-refractivity contribution in [2.24, 2.45) is 0 Å². The lowest BCUT2D eigenvalue weighted by atomic mass is 10.2. The summed E-state index contributed by atoms with van der Waals surface area (Å²) < 4.78 is 1.63. The molecule has 0 aromatic carbocycles. The first-order valence-electron chi connectivity index (χ1n) is 6.98. The molecule has 1 N–H and O–H groups in total. The molecule has 22 heavy (non-hydrogen) atoms. The maximum atomic E-state index is 12.2. The van der Waals surface area contributed by atoms with Crippen molar-refractivity contribution in [2.45, 2.75) is 31.5 Å². The van der Waals surface area contributed by atoms with Gasteiger partial charge in [-0.1, -0.05) is 11.8 Å². The third kappa shape index (κ3) is 2.89. The minimum absolute atomic E-state index is 0.0681. The first kappa shape index (κ1) is 14.8. The Morgan fingerprint density at radius 2 is 2.27 bits per heavy atom. The number of hydrogen-bond acceptors (Lipinski definition) is 5. The summed E-state index contributed by atoms with van der Waals surface area (Å²) in [7, 11) is 0. The first-order chi connectivity index (χ1) is 10.5. The van der Waals surface area contributed by atoms with Crippen LogP contribution in [0.2, 0.25) is 0 Å². The van der Waals surface area contributed by atoms with E-state index in [1.165, 1.54) is 11.8 Å². The van der Waals surface area contributed by atoms with Crippen molar-refractivity contribution in [3.05, 3.63) is 46.0 Å². The van der Waals surface area contributed by atoms with E-state index in [4.69, 9.17) is 0 Å². The minimum atomic E-state index is -0.162. The molecular weight excluding hydrogens is 300 g/mol. The summed E-state index contributed by atoms with van der Waals surface area (Å²) in [5.41, 5.74) is 1.56. The Bertz CT molecular complexity index is 787. The summed E-state index contributed by atoms with van der Waals surface area (Å²) in [5.74, 6) is 1.07. The molecule has 2 aromatic heterocycles. The highest BCUT2D eigenvalue weighted by Gasteiger charge is 2.27. The molecule has 0 aliphatic carbocycles. The van der Waals surface area contributed by atoms with Gasteiger partial charge < -0.3 is 5.32 Å². The molecule has 0 fully saturated rings. The average molecular weight is 316 g/mol. The van der Waals surface area contributed by atoms with Crippen molar-refractivity contribution in [1.29, 1.82) is 0 Å². The molecule has 6 nitrogen and oxygen atoms in total. The number of aryl methyl sites for hydroxylation is 2. The van der Waals surface area contributed by atoms with Gasteiger partial charge in [0, 0.05) is 30.1 Å². The van der Waals surface area contributed by atoms with E-state index >= 15 is 0 Å². The molecule has 0 radical (unpaired) electrons. The lowest BCUT2D eigenvalue weighted by Crippen LogP contribution is -2.28. The second kappa shape index (κ2) is 5.92. The van der Waals surface area contributed by atoms with Gasteiger partial charge in [-0.05, 0) is 31.5 Å². The normalized spacial score (nSPS) is 16.4. The van der Waals surface area contributed by atoms with E-state index in [1.807, 2.05) is 19.1 Å². The molecule has 3 rings (SSSR count). The molecule has 3 heterocycles. The Morgan fingerprint density at radius 1 is 1.45 bits per heavy atom. The fourth-order valence-corrected chi connectivity index (χ4v) is 3.49. The number of fused-ring (bicyclic) bond motifs is 1. The molecule has 0 saturated heterocycles. The SMILES string of the molecule is Cc1ccnc(NC(=O)CC2CSc3ncc(C)c(=O)n32)c1. The fraction of sp³-hybridized carbons (Fsp3) is 0.333. The number of nitrogens with one attached hydrogen (secondary N) is 1.